The molecule has 4 rings (SSSR count). The summed E-state index contributed by atoms with van der Waals surface area (Å²) in [6, 6.07) is 16.4. The molecule has 2 heterocycles. The van der Waals surface area contributed by atoms with Crippen molar-refractivity contribution in [3.8, 4) is 5.75 Å². The number of aromatic nitrogens is 2. The summed E-state index contributed by atoms with van der Waals surface area (Å²) in [5.41, 5.74) is 3.03. The molecule has 0 spiro atoms. The van der Waals surface area contributed by atoms with Crippen molar-refractivity contribution in [3.05, 3.63) is 82.7 Å². The van der Waals surface area contributed by atoms with Crippen molar-refractivity contribution in [1.29, 1.82) is 0 Å². The number of rotatable bonds is 9. The van der Waals surface area contributed by atoms with Crippen LogP contribution < -0.4 is 15.4 Å². The molecule has 3 amide bonds. The van der Waals surface area contributed by atoms with Crippen LogP contribution in [0.15, 0.2) is 54.6 Å². The maximum Gasteiger partial charge on any atom is 0.314 e. The lowest BCUT2D eigenvalue weighted by Crippen LogP contribution is -2.49. The third-order valence-corrected chi connectivity index (χ3v) is 8.11. The number of nitrogens with one attached hydrogen (secondary N) is 2. The number of carbonyl (C=O) groups is 4. The van der Waals surface area contributed by atoms with Gasteiger partial charge in [-0.15, -0.1) is 0 Å². The monoisotopic (exact) mass is 647 g/mol. The Kier molecular flexibility index (Phi) is 12.5. The molecule has 0 aliphatic carbocycles. The molecule has 252 valence electrons. The number of fused-ring (bicyclic) bond motifs is 2. The Bertz CT molecular complexity index is 1540. The van der Waals surface area contributed by atoms with Gasteiger partial charge in [0.25, 0.3) is 11.8 Å². The first-order valence-corrected chi connectivity index (χ1v) is 15.9. The molecule has 2 aromatic carbocycles. The van der Waals surface area contributed by atoms with E-state index in [0.717, 1.165) is 22.5 Å². The van der Waals surface area contributed by atoms with E-state index in [1.165, 1.54) is 4.90 Å². The quantitative estimate of drug-likeness (QED) is 0.267. The predicted octanol–water partition coefficient (Wildman–Crippen LogP) is 2.83. The van der Waals surface area contributed by atoms with Gasteiger partial charge in [-0.25, -0.2) is 0 Å². The van der Waals surface area contributed by atoms with Crippen LogP contribution in [0, 0.1) is 19.3 Å². The summed E-state index contributed by atoms with van der Waals surface area (Å²) < 4.78 is 18.4. The molecular formula is C35H45N5O7. The van der Waals surface area contributed by atoms with E-state index in [1.807, 2.05) is 42.8 Å². The van der Waals surface area contributed by atoms with Crippen molar-refractivity contribution in [1.82, 2.24) is 25.3 Å². The molecule has 2 bridgehead atoms. The molecule has 0 radical (unpaired) electrons. The Balaban J connectivity index is 1.57. The fourth-order valence-corrected chi connectivity index (χ4v) is 5.68. The maximum absolute atomic E-state index is 13.7. The Morgan fingerprint density at radius 3 is 2.53 bits per heavy atom. The van der Waals surface area contributed by atoms with Crippen molar-refractivity contribution in [2.75, 3.05) is 53.1 Å². The summed E-state index contributed by atoms with van der Waals surface area (Å²) in [4.78, 5) is 54.7. The topological polar surface area (TPSA) is 141 Å². The second-order valence-electron chi connectivity index (χ2n) is 11.8. The highest BCUT2D eigenvalue weighted by Gasteiger charge is 2.40. The van der Waals surface area contributed by atoms with Crippen LogP contribution in [0.3, 0.4) is 0 Å². The highest BCUT2D eigenvalue weighted by Crippen LogP contribution is 2.32. The van der Waals surface area contributed by atoms with Crippen LogP contribution in [-0.4, -0.2) is 91.5 Å². The van der Waals surface area contributed by atoms with Crippen molar-refractivity contribution in [3.63, 3.8) is 0 Å². The number of benzene rings is 2. The Labute approximate surface area is 275 Å². The summed E-state index contributed by atoms with van der Waals surface area (Å²) >= 11 is 0. The van der Waals surface area contributed by atoms with E-state index < -0.39 is 17.3 Å². The average Bonchev–Trinajstić information content (AvgIpc) is 3.37. The minimum absolute atomic E-state index is 0.000746. The van der Waals surface area contributed by atoms with Gasteiger partial charge in [0, 0.05) is 44.6 Å². The summed E-state index contributed by atoms with van der Waals surface area (Å²) in [6.45, 7) is 6.53. The molecule has 1 aliphatic rings. The molecule has 1 aliphatic heterocycles. The number of hydrogen-bond donors (Lipinski definition) is 2. The van der Waals surface area contributed by atoms with Gasteiger partial charge in [-0.1, -0.05) is 24.3 Å². The molecule has 3 aromatic rings. The highest BCUT2D eigenvalue weighted by atomic mass is 16.5. The number of carbonyl (C=O) groups excluding carboxylic acids is 4. The molecule has 12 heteroatoms. The first-order valence-electron chi connectivity index (χ1n) is 15.9. The normalized spacial score (nSPS) is 17.7. The lowest BCUT2D eigenvalue weighted by Gasteiger charge is -2.32. The van der Waals surface area contributed by atoms with Crippen molar-refractivity contribution < 1.29 is 33.4 Å². The number of nitrogens with zero attached hydrogens (tertiary/aromatic N) is 3. The van der Waals surface area contributed by atoms with Crippen LogP contribution in [0.2, 0.25) is 0 Å². The van der Waals surface area contributed by atoms with Crippen molar-refractivity contribution >= 4 is 23.7 Å². The zero-order chi connectivity index (χ0) is 33.8. The molecule has 12 nitrogen and oxygen atoms in total. The van der Waals surface area contributed by atoms with Crippen LogP contribution in [0.4, 0.5) is 0 Å². The van der Waals surface area contributed by atoms with Crippen LogP contribution in [0.25, 0.3) is 0 Å². The van der Waals surface area contributed by atoms with Crippen LogP contribution in [0.1, 0.15) is 52.6 Å². The number of amides is 3. The third kappa shape index (κ3) is 9.89. The van der Waals surface area contributed by atoms with Gasteiger partial charge in [0.2, 0.25) is 5.91 Å². The van der Waals surface area contributed by atoms with Gasteiger partial charge in [-0.05, 0) is 81.5 Å². The van der Waals surface area contributed by atoms with Crippen molar-refractivity contribution in [2.24, 2.45) is 5.41 Å². The van der Waals surface area contributed by atoms with E-state index >= 15 is 0 Å². The molecule has 1 aromatic heterocycles. The molecule has 0 saturated heterocycles. The fourth-order valence-electron chi connectivity index (χ4n) is 5.68. The van der Waals surface area contributed by atoms with E-state index in [1.54, 1.807) is 44.4 Å². The lowest BCUT2D eigenvalue weighted by atomic mass is 9.77. The Morgan fingerprint density at radius 1 is 1.04 bits per heavy atom. The maximum atomic E-state index is 13.7. The Morgan fingerprint density at radius 2 is 1.83 bits per heavy atom. The van der Waals surface area contributed by atoms with Gasteiger partial charge >= 0.3 is 5.97 Å². The van der Waals surface area contributed by atoms with Gasteiger partial charge in [-0.2, -0.15) is 5.10 Å². The molecular weight excluding hydrogens is 602 g/mol. The zero-order valence-electron chi connectivity index (χ0n) is 27.7. The average molecular weight is 648 g/mol. The van der Waals surface area contributed by atoms with E-state index in [0.29, 0.717) is 37.3 Å². The summed E-state index contributed by atoms with van der Waals surface area (Å²) in [7, 11) is 1.59. The smallest absolute Gasteiger partial charge is 0.314 e. The second kappa shape index (κ2) is 16.7. The highest BCUT2D eigenvalue weighted by molar-refractivity contribution is 5.96. The first kappa shape index (κ1) is 35.1. The molecule has 47 heavy (non-hydrogen) atoms. The summed E-state index contributed by atoms with van der Waals surface area (Å²) in [5, 5.41) is 10.2. The molecule has 0 saturated carbocycles. The second-order valence-corrected chi connectivity index (χ2v) is 11.8. The fraction of sp³-hybridized carbons (Fsp3) is 0.457. The van der Waals surface area contributed by atoms with Gasteiger partial charge in [0.1, 0.15) is 5.75 Å². The Hall–Kier alpha value is -4.71. The summed E-state index contributed by atoms with van der Waals surface area (Å²) in [5.74, 6) is -1.13. The van der Waals surface area contributed by atoms with Gasteiger partial charge < -0.3 is 29.7 Å². The van der Waals surface area contributed by atoms with Gasteiger partial charge in [0.05, 0.1) is 30.8 Å². The SMILES string of the molecule is CCOC(=O)C1(CCCOC)CNC(=O)CN(C(=O)c2ccc(Cn3nc(C)cc3C)cc2)CCNC(=O)COc2cccc(c2)C1. The first-order chi connectivity index (χ1) is 22.6. The number of methoxy groups -OCH3 is 1. The lowest BCUT2D eigenvalue weighted by molar-refractivity contribution is -0.156. The minimum atomic E-state index is -1.10. The number of ether oxygens (including phenoxy) is 3. The summed E-state index contributed by atoms with van der Waals surface area (Å²) in [6.07, 6.45) is 1.20. The van der Waals surface area contributed by atoms with E-state index in [4.69, 9.17) is 14.2 Å². The largest absolute Gasteiger partial charge is 0.484 e. The number of aryl methyl sites for hydroxylation is 2. The van der Waals surface area contributed by atoms with E-state index in [9.17, 15) is 19.2 Å². The van der Waals surface area contributed by atoms with Crippen LogP contribution in [-0.2, 0) is 36.8 Å². The van der Waals surface area contributed by atoms with Crippen LogP contribution >= 0.6 is 0 Å². The molecule has 1 atom stereocenters. The number of hydrogen-bond acceptors (Lipinski definition) is 8. The predicted molar refractivity (Wildman–Crippen MR) is 175 cm³/mol. The minimum Gasteiger partial charge on any atom is -0.484 e. The van der Waals surface area contributed by atoms with Gasteiger partial charge in [0.15, 0.2) is 6.61 Å². The molecule has 0 fully saturated rings. The molecule has 1 unspecified atom stereocenters. The zero-order valence-corrected chi connectivity index (χ0v) is 27.7. The third-order valence-electron chi connectivity index (χ3n) is 8.11. The van der Waals surface area contributed by atoms with Gasteiger partial charge in [-0.3, -0.25) is 23.9 Å². The number of esters is 1. The molecule has 2 N–H and O–H groups in total. The van der Waals surface area contributed by atoms with Crippen LogP contribution in [0.5, 0.6) is 5.75 Å². The van der Waals surface area contributed by atoms with E-state index in [-0.39, 0.29) is 57.6 Å². The van der Waals surface area contributed by atoms with Crippen molar-refractivity contribution in [2.45, 2.75) is 46.6 Å². The van der Waals surface area contributed by atoms with E-state index in [2.05, 4.69) is 15.7 Å². The standard InChI is InChI=1S/C35H45N5O7/c1-5-46-34(44)35(14-7-17-45-4)20-28-8-6-9-30(19-28)47-23-32(42)36-15-16-39(22-31(41)37-24-35)33(43)29-12-10-27(11-13-29)21-40-26(3)18-25(2)38-40/h6,8-13,18-19H,5,7,14-17,20-24H2,1-4H3,(H,36,42)(H,37,41).